The van der Waals surface area contributed by atoms with Gasteiger partial charge in [0, 0.05) is 25.2 Å². The number of rotatable bonds is 8. The van der Waals surface area contributed by atoms with E-state index >= 15 is 0 Å². The smallest absolute Gasteiger partial charge is 0.0620 e. The van der Waals surface area contributed by atoms with E-state index in [1.807, 2.05) is 0 Å². The molecule has 118 valence electrons. The summed E-state index contributed by atoms with van der Waals surface area (Å²) in [5.41, 5.74) is 0. The topological polar surface area (TPSA) is 42.5 Å². The molecule has 20 heavy (non-hydrogen) atoms. The summed E-state index contributed by atoms with van der Waals surface area (Å²) < 4.78 is 11.4. The second kappa shape index (κ2) is 9.72. The highest BCUT2D eigenvalue weighted by atomic mass is 16.5. The molecule has 1 heterocycles. The van der Waals surface area contributed by atoms with Gasteiger partial charge in [0.1, 0.15) is 0 Å². The van der Waals surface area contributed by atoms with Gasteiger partial charge in [-0.2, -0.15) is 0 Å². The molecule has 4 nitrogen and oxygen atoms in total. The van der Waals surface area contributed by atoms with Gasteiger partial charge < -0.3 is 20.1 Å². The Morgan fingerprint density at radius 1 is 1.30 bits per heavy atom. The standard InChI is InChI=1S/C16H32N2O2/c1-14(12-15-13-19-11-9-18-15)17-8-5-10-20-16-6-3-2-4-7-16/h14-18H,2-13H2,1H3. The summed E-state index contributed by atoms with van der Waals surface area (Å²) in [4.78, 5) is 0. The van der Waals surface area contributed by atoms with E-state index in [0.717, 1.165) is 45.8 Å². The first-order valence-corrected chi connectivity index (χ1v) is 8.50. The monoisotopic (exact) mass is 284 g/mol. The van der Waals surface area contributed by atoms with Crippen LogP contribution in [0.1, 0.15) is 51.9 Å². The SMILES string of the molecule is CC(CC1COCCN1)NCCCOC1CCCCC1. The number of morpholine rings is 1. The molecule has 0 aromatic rings. The van der Waals surface area contributed by atoms with Gasteiger partial charge in [0.25, 0.3) is 0 Å². The van der Waals surface area contributed by atoms with Gasteiger partial charge in [-0.25, -0.2) is 0 Å². The van der Waals surface area contributed by atoms with Gasteiger partial charge in [-0.1, -0.05) is 19.3 Å². The molecule has 4 heteroatoms. The van der Waals surface area contributed by atoms with Crippen LogP contribution in [-0.4, -0.2) is 51.1 Å². The molecule has 0 spiro atoms. The Bertz CT molecular complexity index is 239. The maximum absolute atomic E-state index is 5.94. The second-order valence-electron chi connectivity index (χ2n) is 6.30. The van der Waals surface area contributed by atoms with E-state index in [2.05, 4.69) is 17.6 Å². The van der Waals surface area contributed by atoms with Gasteiger partial charge in [0.15, 0.2) is 0 Å². The molecule has 2 rings (SSSR count). The minimum atomic E-state index is 0.518. The number of hydrogen-bond acceptors (Lipinski definition) is 4. The molecule has 1 aliphatic carbocycles. The summed E-state index contributed by atoms with van der Waals surface area (Å²) in [6.45, 7) is 6.94. The third kappa shape index (κ3) is 6.53. The molecule has 2 unspecified atom stereocenters. The van der Waals surface area contributed by atoms with E-state index in [-0.39, 0.29) is 0 Å². The molecule has 0 bridgehead atoms. The van der Waals surface area contributed by atoms with Gasteiger partial charge in [0.05, 0.1) is 19.3 Å². The molecular formula is C16H32N2O2. The van der Waals surface area contributed by atoms with E-state index in [1.165, 1.54) is 32.1 Å². The Hall–Kier alpha value is -0.160. The van der Waals surface area contributed by atoms with Crippen LogP contribution >= 0.6 is 0 Å². The molecule has 2 atom stereocenters. The second-order valence-corrected chi connectivity index (χ2v) is 6.30. The van der Waals surface area contributed by atoms with Crippen LogP contribution < -0.4 is 10.6 Å². The first kappa shape index (κ1) is 16.2. The Kier molecular flexibility index (Phi) is 7.88. The number of ether oxygens (including phenoxy) is 2. The van der Waals surface area contributed by atoms with E-state index in [4.69, 9.17) is 9.47 Å². The third-order valence-corrected chi connectivity index (χ3v) is 4.36. The van der Waals surface area contributed by atoms with Crippen LogP contribution in [0.4, 0.5) is 0 Å². The minimum Gasteiger partial charge on any atom is -0.379 e. The average molecular weight is 284 g/mol. The van der Waals surface area contributed by atoms with E-state index in [0.29, 0.717) is 18.2 Å². The average Bonchev–Trinajstić information content (AvgIpc) is 2.49. The quantitative estimate of drug-likeness (QED) is 0.670. The fourth-order valence-corrected chi connectivity index (χ4v) is 3.18. The lowest BCUT2D eigenvalue weighted by molar-refractivity contribution is 0.0269. The van der Waals surface area contributed by atoms with E-state index in [9.17, 15) is 0 Å². The fourth-order valence-electron chi connectivity index (χ4n) is 3.18. The number of hydrogen-bond donors (Lipinski definition) is 2. The maximum Gasteiger partial charge on any atom is 0.0620 e. The van der Waals surface area contributed by atoms with Crippen LogP contribution in [-0.2, 0) is 9.47 Å². The molecule has 1 aliphatic heterocycles. The summed E-state index contributed by atoms with van der Waals surface area (Å²) in [6.07, 6.45) is 9.47. The van der Waals surface area contributed by atoms with E-state index < -0.39 is 0 Å². The molecule has 0 aromatic heterocycles. The first-order chi connectivity index (χ1) is 9.84. The lowest BCUT2D eigenvalue weighted by atomic mass is 9.98. The Morgan fingerprint density at radius 2 is 2.15 bits per heavy atom. The van der Waals surface area contributed by atoms with Gasteiger partial charge >= 0.3 is 0 Å². The lowest BCUT2D eigenvalue weighted by Crippen LogP contribution is -2.45. The maximum atomic E-state index is 5.94. The van der Waals surface area contributed by atoms with Gasteiger partial charge in [-0.05, 0) is 39.2 Å². The van der Waals surface area contributed by atoms with Crippen LogP contribution in [0.15, 0.2) is 0 Å². The van der Waals surface area contributed by atoms with Crippen LogP contribution in [0.3, 0.4) is 0 Å². The minimum absolute atomic E-state index is 0.518. The Balaban J connectivity index is 1.43. The highest BCUT2D eigenvalue weighted by Gasteiger charge is 2.16. The normalized spacial score (nSPS) is 26.6. The van der Waals surface area contributed by atoms with Crippen molar-refractivity contribution in [1.82, 2.24) is 10.6 Å². The summed E-state index contributed by atoms with van der Waals surface area (Å²) >= 11 is 0. The highest BCUT2D eigenvalue weighted by molar-refractivity contribution is 4.75. The van der Waals surface area contributed by atoms with Gasteiger partial charge in [0.2, 0.25) is 0 Å². The van der Waals surface area contributed by atoms with Crippen molar-refractivity contribution in [1.29, 1.82) is 0 Å². The molecule has 0 aromatic carbocycles. The largest absolute Gasteiger partial charge is 0.379 e. The zero-order valence-corrected chi connectivity index (χ0v) is 13.0. The van der Waals surface area contributed by atoms with E-state index in [1.54, 1.807) is 0 Å². The first-order valence-electron chi connectivity index (χ1n) is 8.50. The van der Waals surface area contributed by atoms with Crippen molar-refractivity contribution in [3.05, 3.63) is 0 Å². The predicted octanol–water partition coefficient (Wildman–Crippen LogP) is 2.08. The summed E-state index contributed by atoms with van der Waals surface area (Å²) in [5.74, 6) is 0. The van der Waals surface area contributed by atoms with Crippen molar-refractivity contribution < 1.29 is 9.47 Å². The zero-order valence-electron chi connectivity index (χ0n) is 13.0. The van der Waals surface area contributed by atoms with Gasteiger partial charge in [-0.15, -0.1) is 0 Å². The van der Waals surface area contributed by atoms with Crippen molar-refractivity contribution >= 4 is 0 Å². The van der Waals surface area contributed by atoms with Crippen molar-refractivity contribution in [2.75, 3.05) is 32.9 Å². The Labute approximate surface area is 124 Å². The Morgan fingerprint density at radius 3 is 2.90 bits per heavy atom. The number of nitrogens with one attached hydrogen (secondary N) is 2. The fraction of sp³-hybridized carbons (Fsp3) is 1.00. The molecule has 2 aliphatic rings. The molecule has 1 saturated carbocycles. The van der Waals surface area contributed by atoms with Crippen molar-refractivity contribution in [3.63, 3.8) is 0 Å². The van der Waals surface area contributed by atoms with Crippen LogP contribution in [0.5, 0.6) is 0 Å². The molecule has 0 amide bonds. The lowest BCUT2D eigenvalue weighted by Gasteiger charge is -2.27. The summed E-state index contributed by atoms with van der Waals surface area (Å²) in [5, 5.41) is 7.10. The molecule has 0 radical (unpaired) electrons. The zero-order chi connectivity index (χ0) is 14.0. The van der Waals surface area contributed by atoms with Crippen LogP contribution in [0.25, 0.3) is 0 Å². The summed E-state index contributed by atoms with van der Waals surface area (Å²) in [7, 11) is 0. The molecule has 2 N–H and O–H groups in total. The van der Waals surface area contributed by atoms with Crippen molar-refractivity contribution in [2.45, 2.75) is 70.1 Å². The predicted molar refractivity (Wildman–Crippen MR) is 82.1 cm³/mol. The van der Waals surface area contributed by atoms with Crippen molar-refractivity contribution in [2.24, 2.45) is 0 Å². The van der Waals surface area contributed by atoms with Gasteiger partial charge in [-0.3, -0.25) is 0 Å². The van der Waals surface area contributed by atoms with Crippen molar-refractivity contribution in [3.8, 4) is 0 Å². The highest BCUT2D eigenvalue weighted by Crippen LogP contribution is 2.20. The summed E-state index contributed by atoms with van der Waals surface area (Å²) in [6, 6.07) is 1.06. The molecule has 1 saturated heterocycles. The molecular weight excluding hydrogens is 252 g/mol. The third-order valence-electron chi connectivity index (χ3n) is 4.36. The van der Waals surface area contributed by atoms with Crippen LogP contribution in [0.2, 0.25) is 0 Å². The van der Waals surface area contributed by atoms with Crippen LogP contribution in [0, 0.1) is 0 Å². The molecule has 2 fully saturated rings.